The summed E-state index contributed by atoms with van der Waals surface area (Å²) in [5, 5.41) is 14.4. The molecule has 1 saturated carbocycles. The normalized spacial score (nSPS) is 16.2. The van der Waals surface area contributed by atoms with Crippen LogP contribution >= 0.6 is 0 Å². The van der Waals surface area contributed by atoms with E-state index in [1.807, 2.05) is 12.1 Å². The number of nitrogens with one attached hydrogen (secondary N) is 2. The zero-order chi connectivity index (χ0) is 13.7. The molecule has 1 heterocycles. The average Bonchev–Trinajstić information content (AvgIpc) is 2.36. The van der Waals surface area contributed by atoms with E-state index in [0.29, 0.717) is 19.4 Å². The Balaban J connectivity index is 1.74. The third-order valence-corrected chi connectivity index (χ3v) is 3.55. The molecule has 2 rings (SSSR count). The highest BCUT2D eigenvalue weighted by Crippen LogP contribution is 2.40. The first kappa shape index (κ1) is 13.3. The van der Waals surface area contributed by atoms with Crippen molar-refractivity contribution < 1.29 is 14.7 Å². The van der Waals surface area contributed by atoms with E-state index in [2.05, 4.69) is 15.6 Å². The summed E-state index contributed by atoms with van der Waals surface area (Å²) in [4.78, 5) is 26.6. The molecule has 6 nitrogen and oxygen atoms in total. The van der Waals surface area contributed by atoms with Crippen LogP contribution in [0, 0.1) is 5.41 Å². The lowest BCUT2D eigenvalue weighted by molar-refractivity contribution is -0.153. The fourth-order valence-corrected chi connectivity index (χ4v) is 2.06. The van der Waals surface area contributed by atoms with Crippen molar-refractivity contribution in [1.29, 1.82) is 0 Å². The van der Waals surface area contributed by atoms with Crippen molar-refractivity contribution >= 4 is 12.0 Å². The molecule has 1 aromatic rings. The Morgan fingerprint density at radius 3 is 2.47 bits per heavy atom. The smallest absolute Gasteiger partial charge is 0.315 e. The van der Waals surface area contributed by atoms with Crippen molar-refractivity contribution in [2.45, 2.75) is 25.8 Å². The van der Waals surface area contributed by atoms with E-state index in [1.54, 1.807) is 12.4 Å². The van der Waals surface area contributed by atoms with Gasteiger partial charge in [0.25, 0.3) is 0 Å². The molecule has 1 aliphatic carbocycles. The first-order valence-electron chi connectivity index (χ1n) is 6.26. The third-order valence-electron chi connectivity index (χ3n) is 3.55. The molecule has 1 fully saturated rings. The minimum Gasteiger partial charge on any atom is -0.481 e. The summed E-state index contributed by atoms with van der Waals surface area (Å²) in [6.07, 6.45) is 5.48. The van der Waals surface area contributed by atoms with Crippen molar-refractivity contribution in [3.05, 3.63) is 30.1 Å². The Hall–Kier alpha value is -2.11. The minimum absolute atomic E-state index is 0.185. The number of carbonyl (C=O) groups excluding carboxylic acids is 1. The third kappa shape index (κ3) is 3.21. The van der Waals surface area contributed by atoms with E-state index in [4.69, 9.17) is 5.11 Å². The molecule has 0 unspecified atom stereocenters. The number of hydrogen-bond donors (Lipinski definition) is 3. The van der Waals surface area contributed by atoms with Crippen molar-refractivity contribution in [2.75, 3.05) is 6.54 Å². The topological polar surface area (TPSA) is 91.3 Å². The molecule has 6 heteroatoms. The number of carboxylic acids is 1. The first-order valence-corrected chi connectivity index (χ1v) is 6.26. The molecular formula is C13H17N3O3. The second-order valence-corrected chi connectivity index (χ2v) is 4.83. The van der Waals surface area contributed by atoms with Gasteiger partial charge in [-0.15, -0.1) is 0 Å². The van der Waals surface area contributed by atoms with Gasteiger partial charge in [0, 0.05) is 25.5 Å². The maximum atomic E-state index is 11.6. The number of nitrogens with zero attached hydrogens (tertiary/aromatic N) is 1. The zero-order valence-corrected chi connectivity index (χ0v) is 10.6. The summed E-state index contributed by atoms with van der Waals surface area (Å²) in [6, 6.07) is 3.28. The number of carbonyl (C=O) groups is 2. The summed E-state index contributed by atoms with van der Waals surface area (Å²) in [7, 11) is 0. The quantitative estimate of drug-likeness (QED) is 0.742. The van der Waals surface area contributed by atoms with Gasteiger partial charge in [-0.25, -0.2) is 4.79 Å². The molecule has 0 aromatic carbocycles. The maximum Gasteiger partial charge on any atom is 0.315 e. The monoisotopic (exact) mass is 263 g/mol. The fraction of sp³-hybridized carbons (Fsp3) is 0.462. The molecule has 0 spiro atoms. The van der Waals surface area contributed by atoms with Crippen LogP contribution in [0.1, 0.15) is 24.8 Å². The number of urea groups is 1. The minimum atomic E-state index is -0.826. The van der Waals surface area contributed by atoms with E-state index in [0.717, 1.165) is 12.0 Å². The van der Waals surface area contributed by atoms with Gasteiger partial charge in [-0.2, -0.15) is 0 Å². The summed E-state index contributed by atoms with van der Waals surface area (Å²) < 4.78 is 0. The number of rotatable bonds is 5. The predicted molar refractivity (Wildman–Crippen MR) is 68.4 cm³/mol. The van der Waals surface area contributed by atoms with Gasteiger partial charge in [0.2, 0.25) is 0 Å². The van der Waals surface area contributed by atoms with Gasteiger partial charge in [0.05, 0.1) is 5.41 Å². The molecule has 2 amide bonds. The number of hydrogen-bond acceptors (Lipinski definition) is 3. The van der Waals surface area contributed by atoms with Crippen LogP contribution in [-0.4, -0.2) is 28.6 Å². The van der Waals surface area contributed by atoms with Crippen LogP contribution in [0.4, 0.5) is 4.79 Å². The summed E-state index contributed by atoms with van der Waals surface area (Å²) >= 11 is 0. The van der Waals surface area contributed by atoms with Crippen LogP contribution < -0.4 is 10.6 Å². The first-order chi connectivity index (χ1) is 9.12. The van der Waals surface area contributed by atoms with Crippen molar-refractivity contribution in [2.24, 2.45) is 5.41 Å². The molecule has 0 bridgehead atoms. The molecule has 102 valence electrons. The van der Waals surface area contributed by atoms with Gasteiger partial charge >= 0.3 is 12.0 Å². The number of aromatic nitrogens is 1. The molecule has 1 aliphatic rings. The van der Waals surface area contributed by atoms with Gasteiger partial charge in [0.1, 0.15) is 0 Å². The number of carboxylic acid groups (broad SMARTS) is 1. The van der Waals surface area contributed by atoms with Gasteiger partial charge in [-0.3, -0.25) is 9.78 Å². The Kier molecular flexibility index (Phi) is 3.99. The lowest BCUT2D eigenvalue weighted by Gasteiger charge is -2.37. The number of aliphatic carboxylic acids is 1. The predicted octanol–water partition coefficient (Wildman–Crippen LogP) is 1.14. The Morgan fingerprint density at radius 2 is 1.95 bits per heavy atom. The van der Waals surface area contributed by atoms with E-state index in [1.165, 1.54) is 0 Å². The highest BCUT2D eigenvalue weighted by atomic mass is 16.4. The summed E-state index contributed by atoms with van der Waals surface area (Å²) in [6.45, 7) is 0.582. The molecule has 3 N–H and O–H groups in total. The summed E-state index contributed by atoms with van der Waals surface area (Å²) in [5.74, 6) is -0.826. The molecule has 19 heavy (non-hydrogen) atoms. The number of amides is 2. The van der Waals surface area contributed by atoms with E-state index in [9.17, 15) is 9.59 Å². The van der Waals surface area contributed by atoms with Crippen LogP contribution in [-0.2, 0) is 11.3 Å². The lowest BCUT2D eigenvalue weighted by atomic mass is 9.69. The Morgan fingerprint density at radius 1 is 1.26 bits per heavy atom. The fourth-order valence-electron chi connectivity index (χ4n) is 2.06. The average molecular weight is 263 g/mol. The van der Waals surface area contributed by atoms with Crippen molar-refractivity contribution in [3.8, 4) is 0 Å². The van der Waals surface area contributed by atoms with Crippen LogP contribution in [0.2, 0.25) is 0 Å². The Labute approximate surface area is 111 Å². The lowest BCUT2D eigenvalue weighted by Crippen LogP contribution is -2.49. The van der Waals surface area contributed by atoms with E-state index in [-0.39, 0.29) is 12.6 Å². The van der Waals surface area contributed by atoms with Crippen LogP contribution in [0.5, 0.6) is 0 Å². The van der Waals surface area contributed by atoms with Crippen molar-refractivity contribution in [1.82, 2.24) is 15.6 Å². The molecule has 1 aromatic heterocycles. The SMILES string of the molecule is O=C(NCc1ccncc1)NCC1(C(=O)O)CCC1. The summed E-state index contributed by atoms with van der Waals surface area (Å²) in [5.41, 5.74) is 0.190. The molecular weight excluding hydrogens is 246 g/mol. The molecule has 0 radical (unpaired) electrons. The molecule has 0 aliphatic heterocycles. The molecule has 0 atom stereocenters. The van der Waals surface area contributed by atoms with Gasteiger partial charge in [-0.1, -0.05) is 6.42 Å². The largest absolute Gasteiger partial charge is 0.481 e. The second-order valence-electron chi connectivity index (χ2n) is 4.83. The van der Waals surface area contributed by atoms with Gasteiger partial charge < -0.3 is 15.7 Å². The zero-order valence-electron chi connectivity index (χ0n) is 10.6. The second kappa shape index (κ2) is 5.69. The number of pyridine rings is 1. The van der Waals surface area contributed by atoms with Crippen LogP contribution in [0.3, 0.4) is 0 Å². The van der Waals surface area contributed by atoms with E-state index >= 15 is 0 Å². The van der Waals surface area contributed by atoms with Gasteiger partial charge in [0.15, 0.2) is 0 Å². The highest BCUT2D eigenvalue weighted by molar-refractivity contribution is 5.78. The van der Waals surface area contributed by atoms with Crippen LogP contribution in [0.25, 0.3) is 0 Å². The highest BCUT2D eigenvalue weighted by Gasteiger charge is 2.44. The van der Waals surface area contributed by atoms with Crippen molar-refractivity contribution in [3.63, 3.8) is 0 Å². The standard InChI is InChI=1S/C13H17N3O3/c17-11(18)13(4-1-5-13)9-16-12(19)15-8-10-2-6-14-7-3-10/h2-3,6-7H,1,4-5,8-9H2,(H,17,18)(H2,15,16,19). The maximum absolute atomic E-state index is 11.6. The Bertz CT molecular complexity index is 457. The van der Waals surface area contributed by atoms with E-state index < -0.39 is 11.4 Å². The molecule has 0 saturated heterocycles. The van der Waals surface area contributed by atoms with Crippen LogP contribution in [0.15, 0.2) is 24.5 Å². The van der Waals surface area contributed by atoms with Gasteiger partial charge in [-0.05, 0) is 30.5 Å².